The van der Waals surface area contributed by atoms with Gasteiger partial charge in [-0.1, -0.05) is 12.5 Å². The van der Waals surface area contributed by atoms with Crippen molar-refractivity contribution in [2.75, 3.05) is 13.1 Å². The summed E-state index contributed by atoms with van der Waals surface area (Å²) in [4.78, 5) is 0. The van der Waals surface area contributed by atoms with Crippen molar-refractivity contribution >= 4 is 15.9 Å². The van der Waals surface area contributed by atoms with Gasteiger partial charge in [0.2, 0.25) is 0 Å². The van der Waals surface area contributed by atoms with Gasteiger partial charge in [-0.2, -0.15) is 0 Å². The van der Waals surface area contributed by atoms with Crippen LogP contribution in [0.5, 0.6) is 0 Å². The maximum Gasteiger partial charge on any atom is 0.137 e. The minimum absolute atomic E-state index is 0.207. The van der Waals surface area contributed by atoms with Crippen molar-refractivity contribution in [1.82, 2.24) is 10.4 Å². The Bertz CT molecular complexity index is 351. The first-order valence-corrected chi connectivity index (χ1v) is 6.47. The van der Waals surface area contributed by atoms with E-state index in [-0.39, 0.29) is 5.82 Å². The molecule has 1 aliphatic rings. The second-order valence-corrected chi connectivity index (χ2v) is 4.99. The predicted molar refractivity (Wildman–Crippen MR) is 66.4 cm³/mol. The molecule has 0 aromatic heterocycles. The van der Waals surface area contributed by atoms with E-state index < -0.39 is 0 Å². The highest BCUT2D eigenvalue weighted by Gasteiger charge is 2.09. The quantitative estimate of drug-likeness (QED) is 0.919. The summed E-state index contributed by atoms with van der Waals surface area (Å²) in [6, 6.07) is 5.14. The lowest BCUT2D eigenvalue weighted by molar-refractivity contribution is 0.151. The third-order valence-electron chi connectivity index (χ3n) is 2.85. The van der Waals surface area contributed by atoms with Crippen LogP contribution in [0.1, 0.15) is 24.8 Å². The highest BCUT2D eigenvalue weighted by molar-refractivity contribution is 9.10. The molecule has 0 saturated carbocycles. The Morgan fingerprint density at radius 1 is 1.25 bits per heavy atom. The fraction of sp³-hybridized carbons (Fsp3) is 0.500. The molecule has 2 rings (SSSR count). The molecule has 0 unspecified atom stereocenters. The summed E-state index contributed by atoms with van der Waals surface area (Å²) < 4.78 is 13.5. The van der Waals surface area contributed by atoms with Crippen molar-refractivity contribution in [3.8, 4) is 0 Å². The Labute approximate surface area is 104 Å². The van der Waals surface area contributed by atoms with Gasteiger partial charge in [0.05, 0.1) is 4.47 Å². The number of hydrazine groups is 1. The molecule has 0 atom stereocenters. The molecule has 2 nitrogen and oxygen atoms in total. The maximum atomic E-state index is 13.0. The van der Waals surface area contributed by atoms with Crippen LogP contribution in [0, 0.1) is 5.82 Å². The molecule has 1 fully saturated rings. The number of rotatable bonds is 3. The summed E-state index contributed by atoms with van der Waals surface area (Å²) in [6.45, 7) is 2.99. The molecule has 1 aromatic rings. The van der Waals surface area contributed by atoms with E-state index in [0.717, 1.165) is 25.2 Å². The van der Waals surface area contributed by atoms with Crippen LogP contribution in [0.15, 0.2) is 22.7 Å². The van der Waals surface area contributed by atoms with Gasteiger partial charge in [0.1, 0.15) is 5.82 Å². The van der Waals surface area contributed by atoms with E-state index in [1.54, 1.807) is 0 Å². The standard InChI is InChI=1S/C12H16BrFN2/c13-11-8-10(4-5-12(11)14)9-15-16-6-2-1-3-7-16/h4-5,8,15H,1-3,6-7,9H2. The van der Waals surface area contributed by atoms with Gasteiger partial charge >= 0.3 is 0 Å². The second kappa shape index (κ2) is 5.75. The lowest BCUT2D eigenvalue weighted by Gasteiger charge is -2.27. The van der Waals surface area contributed by atoms with E-state index >= 15 is 0 Å². The Morgan fingerprint density at radius 3 is 2.69 bits per heavy atom. The van der Waals surface area contributed by atoms with Gasteiger partial charge in [0.15, 0.2) is 0 Å². The van der Waals surface area contributed by atoms with E-state index in [1.165, 1.54) is 25.3 Å². The SMILES string of the molecule is Fc1ccc(CNN2CCCCC2)cc1Br. The summed E-state index contributed by atoms with van der Waals surface area (Å²) >= 11 is 3.20. The molecule has 1 saturated heterocycles. The lowest BCUT2D eigenvalue weighted by atomic mass is 10.2. The summed E-state index contributed by atoms with van der Waals surface area (Å²) in [7, 11) is 0. The summed E-state index contributed by atoms with van der Waals surface area (Å²) in [5.74, 6) is -0.207. The fourth-order valence-corrected chi connectivity index (χ4v) is 2.33. The van der Waals surface area contributed by atoms with E-state index in [4.69, 9.17) is 0 Å². The average molecular weight is 287 g/mol. The molecule has 0 spiro atoms. The van der Waals surface area contributed by atoms with Gasteiger partial charge in [0, 0.05) is 19.6 Å². The number of hydrogen-bond acceptors (Lipinski definition) is 2. The molecule has 16 heavy (non-hydrogen) atoms. The molecule has 0 bridgehead atoms. The van der Waals surface area contributed by atoms with Crippen LogP contribution >= 0.6 is 15.9 Å². The second-order valence-electron chi connectivity index (χ2n) is 4.13. The molecule has 4 heteroatoms. The van der Waals surface area contributed by atoms with Gasteiger partial charge in [0.25, 0.3) is 0 Å². The van der Waals surface area contributed by atoms with Gasteiger partial charge in [-0.25, -0.2) is 9.40 Å². The Kier molecular flexibility index (Phi) is 4.32. The molecule has 0 amide bonds. The van der Waals surface area contributed by atoms with Gasteiger partial charge in [-0.3, -0.25) is 5.43 Å². The molecule has 0 radical (unpaired) electrons. The molecular formula is C12H16BrFN2. The van der Waals surface area contributed by atoms with Crippen LogP contribution in [0.3, 0.4) is 0 Å². The highest BCUT2D eigenvalue weighted by Crippen LogP contribution is 2.17. The number of halogens is 2. The van der Waals surface area contributed by atoms with Crippen molar-refractivity contribution < 1.29 is 4.39 Å². The van der Waals surface area contributed by atoms with Crippen LogP contribution in [-0.2, 0) is 6.54 Å². The van der Waals surface area contributed by atoms with Gasteiger partial charge < -0.3 is 0 Å². The summed E-state index contributed by atoms with van der Waals surface area (Å²) in [5.41, 5.74) is 4.47. The van der Waals surface area contributed by atoms with E-state index in [0.29, 0.717) is 4.47 Å². The molecule has 0 aliphatic carbocycles. The van der Waals surface area contributed by atoms with Crippen LogP contribution in [0.2, 0.25) is 0 Å². The highest BCUT2D eigenvalue weighted by atomic mass is 79.9. The topological polar surface area (TPSA) is 15.3 Å². The zero-order valence-electron chi connectivity index (χ0n) is 9.18. The Balaban J connectivity index is 1.86. The van der Waals surface area contributed by atoms with Gasteiger partial charge in [-0.15, -0.1) is 0 Å². The molecular weight excluding hydrogens is 271 g/mol. The zero-order chi connectivity index (χ0) is 11.4. The Morgan fingerprint density at radius 2 is 2.00 bits per heavy atom. The fourth-order valence-electron chi connectivity index (χ4n) is 1.90. The predicted octanol–water partition coefficient (Wildman–Crippen LogP) is 3.08. The zero-order valence-corrected chi connectivity index (χ0v) is 10.8. The van der Waals surface area contributed by atoms with Crippen LogP contribution in [-0.4, -0.2) is 18.1 Å². The van der Waals surface area contributed by atoms with Crippen LogP contribution in [0.25, 0.3) is 0 Å². The first kappa shape index (κ1) is 12.0. The third-order valence-corrected chi connectivity index (χ3v) is 3.45. The Hall–Kier alpha value is -0.450. The molecule has 1 N–H and O–H groups in total. The summed E-state index contributed by atoms with van der Waals surface area (Å²) in [5, 5.41) is 2.25. The number of nitrogens with one attached hydrogen (secondary N) is 1. The van der Waals surface area contributed by atoms with E-state index in [2.05, 4.69) is 26.4 Å². The first-order valence-electron chi connectivity index (χ1n) is 5.68. The smallest absolute Gasteiger partial charge is 0.137 e. The largest absolute Gasteiger partial charge is 0.251 e. The first-order chi connectivity index (χ1) is 7.75. The van der Waals surface area contributed by atoms with Crippen molar-refractivity contribution in [3.63, 3.8) is 0 Å². The molecule has 1 heterocycles. The number of piperidine rings is 1. The van der Waals surface area contributed by atoms with Crippen molar-refractivity contribution in [2.45, 2.75) is 25.8 Å². The number of nitrogens with zero attached hydrogens (tertiary/aromatic N) is 1. The number of hydrogen-bond donors (Lipinski definition) is 1. The van der Waals surface area contributed by atoms with Crippen LogP contribution < -0.4 is 5.43 Å². The molecule has 1 aliphatic heterocycles. The average Bonchev–Trinajstić information content (AvgIpc) is 2.32. The normalized spacial score (nSPS) is 17.6. The minimum Gasteiger partial charge on any atom is -0.251 e. The van der Waals surface area contributed by atoms with Crippen molar-refractivity contribution in [3.05, 3.63) is 34.1 Å². The van der Waals surface area contributed by atoms with Gasteiger partial charge in [-0.05, 0) is 46.5 Å². The van der Waals surface area contributed by atoms with Crippen LogP contribution in [0.4, 0.5) is 4.39 Å². The maximum absolute atomic E-state index is 13.0. The van der Waals surface area contributed by atoms with E-state index in [9.17, 15) is 4.39 Å². The molecule has 1 aromatic carbocycles. The molecule has 88 valence electrons. The van der Waals surface area contributed by atoms with Crippen molar-refractivity contribution in [2.24, 2.45) is 0 Å². The monoisotopic (exact) mass is 286 g/mol. The third kappa shape index (κ3) is 3.27. The van der Waals surface area contributed by atoms with Crippen molar-refractivity contribution in [1.29, 1.82) is 0 Å². The lowest BCUT2D eigenvalue weighted by Crippen LogP contribution is -2.41. The van der Waals surface area contributed by atoms with E-state index in [1.807, 2.05) is 12.1 Å². The minimum atomic E-state index is -0.207. The summed E-state index contributed by atoms with van der Waals surface area (Å²) in [6.07, 6.45) is 3.86. The number of benzene rings is 1.